The summed E-state index contributed by atoms with van der Waals surface area (Å²) in [6.45, 7) is -1.17. The van der Waals surface area contributed by atoms with Gasteiger partial charge >= 0.3 is 6.18 Å². The minimum absolute atomic E-state index is 0.315. The molecule has 0 radical (unpaired) electrons. The van der Waals surface area contributed by atoms with Crippen LogP contribution >= 0.6 is 0 Å². The molecule has 0 spiro atoms. The van der Waals surface area contributed by atoms with E-state index in [1.807, 2.05) is 0 Å². The van der Waals surface area contributed by atoms with Crippen LogP contribution in [0.15, 0.2) is 18.2 Å². The van der Waals surface area contributed by atoms with Gasteiger partial charge in [-0.25, -0.2) is 4.39 Å². The molecule has 1 N–H and O–H groups in total. The van der Waals surface area contributed by atoms with Crippen LogP contribution in [-0.4, -0.2) is 18.8 Å². The highest BCUT2D eigenvalue weighted by atomic mass is 19.4. The summed E-state index contributed by atoms with van der Waals surface area (Å²) in [7, 11) is 0. The summed E-state index contributed by atoms with van der Waals surface area (Å²) in [6, 6.07) is 4.50. The molecule has 0 bridgehead atoms. The molecule has 2 rings (SSSR count). The summed E-state index contributed by atoms with van der Waals surface area (Å²) in [5.41, 5.74) is 0.408. The second-order valence-corrected chi connectivity index (χ2v) is 4.29. The molecule has 1 aromatic rings. The van der Waals surface area contributed by atoms with Crippen molar-refractivity contribution in [2.24, 2.45) is 0 Å². The summed E-state index contributed by atoms with van der Waals surface area (Å²) < 4.78 is 54.2. The Labute approximate surface area is 102 Å². The van der Waals surface area contributed by atoms with Crippen LogP contribution in [0, 0.1) is 5.82 Å². The molecular formula is C12H13F4NO. The third-order valence-electron chi connectivity index (χ3n) is 2.59. The average Bonchev–Trinajstić information content (AvgIpc) is 3.07. The summed E-state index contributed by atoms with van der Waals surface area (Å²) in [4.78, 5) is 0. The van der Waals surface area contributed by atoms with Crippen molar-refractivity contribution < 1.29 is 22.3 Å². The fraction of sp³-hybridized carbons (Fsp3) is 0.500. The molecule has 1 saturated carbocycles. The summed E-state index contributed by atoms with van der Waals surface area (Å²) in [5, 5.41) is 3.11. The molecule has 0 aromatic heterocycles. The number of nitrogens with one attached hydrogen (secondary N) is 1. The lowest BCUT2D eigenvalue weighted by Crippen LogP contribution is -2.21. The first-order valence-electron chi connectivity index (χ1n) is 5.66. The van der Waals surface area contributed by atoms with E-state index in [-0.39, 0.29) is 5.75 Å². The van der Waals surface area contributed by atoms with Gasteiger partial charge in [-0.1, -0.05) is 12.1 Å². The van der Waals surface area contributed by atoms with E-state index in [0.717, 1.165) is 18.9 Å². The van der Waals surface area contributed by atoms with E-state index < -0.39 is 18.6 Å². The maximum Gasteiger partial charge on any atom is 0.422 e. The number of para-hydroxylation sites is 1. The van der Waals surface area contributed by atoms with Crippen molar-refractivity contribution in [2.75, 3.05) is 6.61 Å². The number of hydrogen-bond acceptors (Lipinski definition) is 2. The van der Waals surface area contributed by atoms with Gasteiger partial charge in [-0.2, -0.15) is 13.2 Å². The molecule has 0 atom stereocenters. The van der Waals surface area contributed by atoms with Crippen LogP contribution in [0.4, 0.5) is 17.6 Å². The molecule has 18 heavy (non-hydrogen) atoms. The highest BCUT2D eigenvalue weighted by Gasteiger charge is 2.29. The lowest BCUT2D eigenvalue weighted by atomic mass is 10.2. The predicted molar refractivity (Wildman–Crippen MR) is 57.8 cm³/mol. The highest BCUT2D eigenvalue weighted by molar-refractivity contribution is 5.35. The normalized spacial score (nSPS) is 15.8. The SMILES string of the molecule is Fc1cccc(CNC2CC2)c1OCC(F)(F)F. The summed E-state index contributed by atoms with van der Waals surface area (Å²) >= 11 is 0. The van der Waals surface area contributed by atoms with Gasteiger partial charge in [0.05, 0.1) is 0 Å². The smallest absolute Gasteiger partial charge is 0.422 e. The third-order valence-corrected chi connectivity index (χ3v) is 2.59. The van der Waals surface area contributed by atoms with Crippen LogP contribution in [0.1, 0.15) is 18.4 Å². The van der Waals surface area contributed by atoms with Crippen molar-refractivity contribution in [2.45, 2.75) is 31.6 Å². The Morgan fingerprint density at radius 2 is 2.00 bits per heavy atom. The van der Waals surface area contributed by atoms with Gasteiger partial charge in [0, 0.05) is 18.2 Å². The third kappa shape index (κ3) is 3.87. The van der Waals surface area contributed by atoms with Gasteiger partial charge in [-0.05, 0) is 18.9 Å². The molecule has 6 heteroatoms. The second kappa shape index (κ2) is 5.14. The van der Waals surface area contributed by atoms with E-state index in [1.54, 1.807) is 6.07 Å². The molecule has 0 saturated heterocycles. The lowest BCUT2D eigenvalue weighted by molar-refractivity contribution is -0.153. The number of ether oxygens (including phenoxy) is 1. The number of rotatable bonds is 5. The van der Waals surface area contributed by atoms with E-state index in [4.69, 9.17) is 0 Å². The van der Waals surface area contributed by atoms with Gasteiger partial charge in [0.15, 0.2) is 18.2 Å². The van der Waals surface area contributed by atoms with E-state index in [2.05, 4.69) is 10.1 Å². The van der Waals surface area contributed by atoms with Crippen LogP contribution in [0.25, 0.3) is 0 Å². The van der Waals surface area contributed by atoms with Crippen LogP contribution < -0.4 is 10.1 Å². The Morgan fingerprint density at radius 3 is 2.61 bits per heavy atom. The zero-order chi connectivity index (χ0) is 13.2. The molecule has 100 valence electrons. The van der Waals surface area contributed by atoms with E-state index >= 15 is 0 Å². The molecule has 2 nitrogen and oxygen atoms in total. The number of hydrogen-bond donors (Lipinski definition) is 1. The average molecular weight is 263 g/mol. The standard InChI is InChI=1S/C12H13F4NO/c13-10-3-1-2-8(6-17-9-4-5-9)11(10)18-7-12(14,15)16/h1-3,9,17H,4-7H2. The fourth-order valence-electron chi connectivity index (χ4n) is 1.55. The molecule has 1 fully saturated rings. The van der Waals surface area contributed by atoms with Crippen molar-refractivity contribution in [3.05, 3.63) is 29.6 Å². The lowest BCUT2D eigenvalue weighted by Gasteiger charge is -2.14. The number of halogens is 4. The van der Waals surface area contributed by atoms with E-state index in [1.165, 1.54) is 6.07 Å². The first kappa shape index (κ1) is 13.1. The van der Waals surface area contributed by atoms with Crippen molar-refractivity contribution >= 4 is 0 Å². The largest absolute Gasteiger partial charge is 0.481 e. The van der Waals surface area contributed by atoms with Crippen molar-refractivity contribution in [3.63, 3.8) is 0 Å². The quantitative estimate of drug-likeness (QED) is 0.824. The maximum atomic E-state index is 13.4. The van der Waals surface area contributed by atoms with Crippen LogP contribution in [-0.2, 0) is 6.54 Å². The Morgan fingerprint density at radius 1 is 1.28 bits per heavy atom. The topological polar surface area (TPSA) is 21.3 Å². The first-order chi connectivity index (χ1) is 8.46. The molecule has 1 aliphatic carbocycles. The zero-order valence-corrected chi connectivity index (χ0v) is 9.56. The molecular weight excluding hydrogens is 250 g/mol. The molecule has 0 aliphatic heterocycles. The Bertz CT molecular complexity index is 415. The number of alkyl halides is 3. The number of benzene rings is 1. The van der Waals surface area contributed by atoms with Gasteiger partial charge in [0.2, 0.25) is 0 Å². The van der Waals surface area contributed by atoms with Crippen LogP contribution in [0.3, 0.4) is 0 Å². The second-order valence-electron chi connectivity index (χ2n) is 4.29. The summed E-state index contributed by atoms with van der Waals surface area (Å²) in [6.07, 6.45) is -2.37. The molecule has 1 aliphatic rings. The van der Waals surface area contributed by atoms with Gasteiger partial charge in [0.1, 0.15) is 0 Å². The van der Waals surface area contributed by atoms with Gasteiger partial charge in [0.25, 0.3) is 0 Å². The Hall–Kier alpha value is -1.30. The van der Waals surface area contributed by atoms with E-state index in [0.29, 0.717) is 18.2 Å². The minimum atomic E-state index is -4.47. The summed E-state index contributed by atoms with van der Waals surface area (Å²) in [5.74, 6) is -1.09. The van der Waals surface area contributed by atoms with Crippen molar-refractivity contribution in [1.29, 1.82) is 0 Å². The van der Waals surface area contributed by atoms with Crippen LogP contribution in [0.2, 0.25) is 0 Å². The fourth-order valence-corrected chi connectivity index (χ4v) is 1.55. The monoisotopic (exact) mass is 263 g/mol. The molecule has 0 amide bonds. The molecule has 0 heterocycles. The van der Waals surface area contributed by atoms with Crippen LogP contribution in [0.5, 0.6) is 5.75 Å². The van der Waals surface area contributed by atoms with Crippen molar-refractivity contribution in [3.8, 4) is 5.75 Å². The molecule has 0 unspecified atom stereocenters. The predicted octanol–water partition coefficient (Wildman–Crippen LogP) is 3.02. The first-order valence-corrected chi connectivity index (χ1v) is 5.66. The van der Waals surface area contributed by atoms with Gasteiger partial charge < -0.3 is 10.1 Å². The highest BCUT2D eigenvalue weighted by Crippen LogP contribution is 2.27. The van der Waals surface area contributed by atoms with E-state index in [9.17, 15) is 17.6 Å². The minimum Gasteiger partial charge on any atom is -0.481 e. The Kier molecular flexibility index (Phi) is 3.75. The maximum absolute atomic E-state index is 13.4. The zero-order valence-electron chi connectivity index (χ0n) is 9.56. The van der Waals surface area contributed by atoms with Gasteiger partial charge in [-0.3, -0.25) is 0 Å². The molecule has 1 aromatic carbocycles. The van der Waals surface area contributed by atoms with Crippen molar-refractivity contribution in [1.82, 2.24) is 5.32 Å². The Balaban J connectivity index is 2.04. The van der Waals surface area contributed by atoms with Gasteiger partial charge in [-0.15, -0.1) is 0 Å².